The number of rotatable bonds is 10. The molecule has 160 valence electrons. The van der Waals surface area contributed by atoms with E-state index in [2.05, 4.69) is 11.6 Å². The lowest BCUT2D eigenvalue weighted by atomic mass is 10.0. The molecule has 0 N–H and O–H groups in total. The van der Waals surface area contributed by atoms with Crippen LogP contribution >= 0.6 is 0 Å². The Bertz CT molecular complexity index is 832. The Balaban J connectivity index is 1.61. The SMILES string of the molecule is C=C[C@H]1OC(C)=N[C@H](COCc2ccc(OC)cc2)[C@@H]1OCc1ccc(OC)cc1. The molecule has 6 heteroatoms. The van der Waals surface area contributed by atoms with Gasteiger partial charge in [0.2, 0.25) is 0 Å². The van der Waals surface area contributed by atoms with Gasteiger partial charge in [-0.2, -0.15) is 0 Å². The molecule has 0 unspecified atom stereocenters. The summed E-state index contributed by atoms with van der Waals surface area (Å²) in [4.78, 5) is 4.62. The molecule has 0 spiro atoms. The third kappa shape index (κ3) is 5.84. The fourth-order valence-electron chi connectivity index (χ4n) is 3.27. The highest BCUT2D eigenvalue weighted by atomic mass is 16.6. The first kappa shape index (κ1) is 21.9. The predicted octanol–water partition coefficient (Wildman–Crippen LogP) is 4.18. The highest BCUT2D eigenvalue weighted by Gasteiger charge is 2.34. The fraction of sp³-hybridized carbons (Fsp3) is 0.375. The summed E-state index contributed by atoms with van der Waals surface area (Å²) in [6, 6.07) is 15.4. The van der Waals surface area contributed by atoms with Crippen molar-refractivity contribution in [2.24, 2.45) is 4.99 Å². The lowest BCUT2D eigenvalue weighted by Crippen LogP contribution is -2.46. The van der Waals surface area contributed by atoms with Gasteiger partial charge in [0.1, 0.15) is 29.7 Å². The first-order valence-electron chi connectivity index (χ1n) is 9.91. The van der Waals surface area contributed by atoms with Crippen molar-refractivity contribution in [3.05, 3.63) is 72.3 Å². The van der Waals surface area contributed by atoms with Gasteiger partial charge in [-0.25, -0.2) is 4.99 Å². The molecule has 0 bridgehead atoms. The van der Waals surface area contributed by atoms with Crippen molar-refractivity contribution < 1.29 is 23.7 Å². The fourth-order valence-corrected chi connectivity index (χ4v) is 3.27. The zero-order valence-electron chi connectivity index (χ0n) is 17.7. The van der Waals surface area contributed by atoms with E-state index < -0.39 is 0 Å². The topological polar surface area (TPSA) is 58.5 Å². The van der Waals surface area contributed by atoms with E-state index >= 15 is 0 Å². The number of ether oxygens (including phenoxy) is 5. The first-order valence-corrected chi connectivity index (χ1v) is 9.91. The van der Waals surface area contributed by atoms with Crippen LogP contribution in [0.3, 0.4) is 0 Å². The van der Waals surface area contributed by atoms with Gasteiger partial charge in [0.05, 0.1) is 34.0 Å². The van der Waals surface area contributed by atoms with Crippen LogP contribution in [-0.2, 0) is 27.4 Å². The Hall–Kier alpha value is -2.83. The van der Waals surface area contributed by atoms with Crippen LogP contribution in [0, 0.1) is 0 Å². The van der Waals surface area contributed by atoms with E-state index in [1.54, 1.807) is 20.3 Å². The molecule has 2 aromatic rings. The van der Waals surface area contributed by atoms with Gasteiger partial charge < -0.3 is 23.7 Å². The standard InChI is InChI=1S/C24H29NO5/c1-5-23-24(29-15-19-8-12-21(27-4)13-9-19)22(25-17(2)30-23)16-28-14-18-6-10-20(26-3)11-7-18/h5-13,22-24H,1,14-16H2,2-4H3/t22-,23-,24+/m1/s1. The maximum Gasteiger partial charge on any atom is 0.181 e. The van der Waals surface area contributed by atoms with E-state index in [0.29, 0.717) is 25.7 Å². The zero-order chi connectivity index (χ0) is 21.3. The summed E-state index contributed by atoms with van der Waals surface area (Å²) >= 11 is 0. The second-order valence-electron chi connectivity index (χ2n) is 7.02. The van der Waals surface area contributed by atoms with Gasteiger partial charge in [0.25, 0.3) is 0 Å². The van der Waals surface area contributed by atoms with Crippen LogP contribution in [0.25, 0.3) is 0 Å². The lowest BCUT2D eigenvalue weighted by molar-refractivity contribution is -0.0628. The maximum atomic E-state index is 6.20. The van der Waals surface area contributed by atoms with E-state index in [1.807, 2.05) is 55.5 Å². The molecule has 3 rings (SSSR count). The summed E-state index contributed by atoms with van der Waals surface area (Å²) in [5.74, 6) is 2.25. The van der Waals surface area contributed by atoms with Gasteiger partial charge in [-0.3, -0.25) is 0 Å². The van der Waals surface area contributed by atoms with Crippen LogP contribution in [0.4, 0.5) is 0 Å². The van der Waals surface area contributed by atoms with E-state index in [9.17, 15) is 0 Å². The van der Waals surface area contributed by atoms with Gasteiger partial charge in [-0.15, -0.1) is 0 Å². The minimum absolute atomic E-state index is 0.182. The summed E-state index contributed by atoms with van der Waals surface area (Å²) in [6.07, 6.45) is 1.19. The number of hydrogen-bond acceptors (Lipinski definition) is 6. The molecule has 0 amide bonds. The number of methoxy groups -OCH3 is 2. The molecule has 6 nitrogen and oxygen atoms in total. The summed E-state index contributed by atoms with van der Waals surface area (Å²) in [7, 11) is 3.30. The van der Waals surface area contributed by atoms with Gasteiger partial charge in [0.15, 0.2) is 5.90 Å². The highest BCUT2D eigenvalue weighted by Crippen LogP contribution is 2.22. The molecule has 0 saturated heterocycles. The third-order valence-corrected chi connectivity index (χ3v) is 4.91. The van der Waals surface area contributed by atoms with Gasteiger partial charge in [0, 0.05) is 6.92 Å². The molecule has 0 aliphatic carbocycles. The van der Waals surface area contributed by atoms with Crippen LogP contribution in [0.1, 0.15) is 18.1 Å². The van der Waals surface area contributed by atoms with E-state index in [-0.39, 0.29) is 18.2 Å². The Morgan fingerprint density at radius 2 is 1.50 bits per heavy atom. The Kier molecular flexibility index (Phi) is 7.88. The molecule has 0 saturated carbocycles. The number of hydrogen-bond donors (Lipinski definition) is 0. The lowest BCUT2D eigenvalue weighted by Gasteiger charge is -2.34. The van der Waals surface area contributed by atoms with Crippen molar-refractivity contribution in [3.8, 4) is 11.5 Å². The number of benzene rings is 2. The number of nitrogens with zero attached hydrogens (tertiary/aromatic N) is 1. The van der Waals surface area contributed by atoms with Crippen molar-refractivity contribution in [1.82, 2.24) is 0 Å². The van der Waals surface area contributed by atoms with Gasteiger partial charge in [-0.05, 0) is 41.5 Å². The minimum Gasteiger partial charge on any atom is -0.497 e. The van der Waals surface area contributed by atoms with Crippen LogP contribution in [0.15, 0.2) is 66.2 Å². The molecule has 30 heavy (non-hydrogen) atoms. The largest absolute Gasteiger partial charge is 0.497 e. The molecule has 1 heterocycles. The Labute approximate surface area is 178 Å². The maximum absolute atomic E-state index is 6.20. The van der Waals surface area contributed by atoms with Crippen molar-refractivity contribution in [3.63, 3.8) is 0 Å². The molecule has 3 atom stereocenters. The summed E-state index contributed by atoms with van der Waals surface area (Å²) in [6.45, 7) is 7.08. The molecule has 0 aromatic heterocycles. The van der Waals surface area contributed by atoms with Crippen LogP contribution < -0.4 is 9.47 Å². The molecule has 0 radical (unpaired) electrons. The van der Waals surface area contributed by atoms with Crippen LogP contribution in [-0.4, -0.2) is 45.0 Å². The second-order valence-corrected chi connectivity index (χ2v) is 7.02. The monoisotopic (exact) mass is 411 g/mol. The predicted molar refractivity (Wildman–Crippen MR) is 116 cm³/mol. The summed E-state index contributed by atoms with van der Waals surface area (Å²) in [5, 5.41) is 0. The van der Waals surface area contributed by atoms with Crippen LogP contribution in [0.2, 0.25) is 0 Å². The normalized spacial score (nSPS) is 20.8. The Morgan fingerprint density at radius 1 is 0.933 bits per heavy atom. The van der Waals surface area contributed by atoms with E-state index in [0.717, 1.165) is 22.6 Å². The highest BCUT2D eigenvalue weighted by molar-refractivity contribution is 5.74. The van der Waals surface area contributed by atoms with Crippen molar-refractivity contribution in [2.45, 2.75) is 38.4 Å². The molecule has 1 aliphatic rings. The van der Waals surface area contributed by atoms with Gasteiger partial charge >= 0.3 is 0 Å². The van der Waals surface area contributed by atoms with Gasteiger partial charge in [-0.1, -0.05) is 30.8 Å². The van der Waals surface area contributed by atoms with Crippen LogP contribution in [0.5, 0.6) is 11.5 Å². The molecular weight excluding hydrogens is 382 g/mol. The van der Waals surface area contributed by atoms with Crippen molar-refractivity contribution in [1.29, 1.82) is 0 Å². The zero-order valence-corrected chi connectivity index (χ0v) is 17.7. The van der Waals surface area contributed by atoms with Crippen molar-refractivity contribution in [2.75, 3.05) is 20.8 Å². The molecule has 2 aromatic carbocycles. The minimum atomic E-state index is -0.288. The third-order valence-electron chi connectivity index (χ3n) is 4.91. The van der Waals surface area contributed by atoms with E-state index in [1.165, 1.54) is 0 Å². The summed E-state index contributed by atoms with van der Waals surface area (Å²) < 4.78 is 28.4. The van der Waals surface area contributed by atoms with E-state index in [4.69, 9.17) is 23.7 Å². The average molecular weight is 411 g/mol. The Morgan fingerprint density at radius 3 is 2.03 bits per heavy atom. The smallest absolute Gasteiger partial charge is 0.181 e. The summed E-state index contributed by atoms with van der Waals surface area (Å²) in [5.41, 5.74) is 2.11. The average Bonchev–Trinajstić information content (AvgIpc) is 2.78. The number of aliphatic imine (C=N–C) groups is 1. The molecule has 1 aliphatic heterocycles. The van der Waals surface area contributed by atoms with Crippen molar-refractivity contribution >= 4 is 5.90 Å². The second kappa shape index (κ2) is 10.8. The molecular formula is C24H29NO5. The quantitative estimate of drug-likeness (QED) is 0.549. The first-order chi connectivity index (χ1) is 14.6. The molecule has 0 fully saturated rings.